The van der Waals surface area contributed by atoms with E-state index < -0.39 is 29.5 Å². The number of thioether (sulfide) groups is 1. The number of rotatable bonds is 4. The molecule has 0 bridgehead atoms. The molecule has 0 saturated carbocycles. The number of allylic oxidation sites excluding steroid dienone is 1. The molecule has 3 heterocycles. The second-order valence-electron chi connectivity index (χ2n) is 8.97. The van der Waals surface area contributed by atoms with Crippen LogP contribution in [0.25, 0.3) is 0 Å². The minimum Gasteiger partial charge on any atom is -0.357 e. The third kappa shape index (κ3) is 6.41. The van der Waals surface area contributed by atoms with Crippen LogP contribution in [0.5, 0.6) is 0 Å². The fraction of sp³-hybridized carbons (Fsp3) is 0.522. The lowest BCUT2D eigenvalue weighted by atomic mass is 9.95. The highest BCUT2D eigenvalue weighted by Gasteiger charge is 2.38. The molecule has 0 spiro atoms. The number of benzene rings is 1. The van der Waals surface area contributed by atoms with E-state index in [0.29, 0.717) is 55.7 Å². The maximum absolute atomic E-state index is 13.5. The summed E-state index contributed by atoms with van der Waals surface area (Å²) in [7, 11) is 0. The number of nitrogens with one attached hydrogen (secondary N) is 2. The summed E-state index contributed by atoms with van der Waals surface area (Å²) in [6.07, 6.45) is -5.23. The van der Waals surface area contributed by atoms with Gasteiger partial charge in [0.15, 0.2) is 0 Å². The molecule has 1 aromatic carbocycles. The van der Waals surface area contributed by atoms with Crippen molar-refractivity contribution in [1.29, 1.82) is 0 Å². The molecule has 1 atom stereocenters. The number of hydrogen-bond donors (Lipinski definition) is 2. The summed E-state index contributed by atoms with van der Waals surface area (Å²) in [5.41, 5.74) is -2.81. The van der Waals surface area contributed by atoms with Gasteiger partial charge in [-0.15, -0.1) is 0 Å². The number of likely N-dealkylation sites (tertiary alicyclic amines) is 1. The molecule has 0 radical (unpaired) electrons. The Morgan fingerprint density at radius 2 is 1.81 bits per heavy atom. The molecule has 0 aromatic heterocycles. The summed E-state index contributed by atoms with van der Waals surface area (Å²) in [5.74, 6) is 0.244. The Morgan fingerprint density at radius 3 is 2.44 bits per heavy atom. The van der Waals surface area contributed by atoms with Crippen LogP contribution in [0.15, 0.2) is 34.2 Å². The van der Waals surface area contributed by atoms with Crippen LogP contribution in [-0.2, 0) is 23.7 Å². The first-order valence-electron chi connectivity index (χ1n) is 11.5. The van der Waals surface area contributed by atoms with E-state index >= 15 is 0 Å². The number of amides is 2. The summed E-state index contributed by atoms with van der Waals surface area (Å²) in [6.45, 7) is 1.37. The number of carbonyl (C=O) groups excluding carboxylic acids is 2. The number of carbonyl (C=O) groups is 2. The molecule has 13 heteroatoms. The highest BCUT2D eigenvalue weighted by Crippen LogP contribution is 2.38. The lowest BCUT2D eigenvalue weighted by Crippen LogP contribution is -2.50. The molecule has 2 amide bonds. The van der Waals surface area contributed by atoms with Crippen LogP contribution in [0.1, 0.15) is 42.4 Å². The molecule has 3 aliphatic rings. The fourth-order valence-corrected chi connectivity index (χ4v) is 5.28. The SMILES string of the molecule is O=C1N=C(NC2CCCNC2=O)/C(=C/C2CCN(Cc3ccc(C(F)(F)F)cc3C(F)(F)F)CC2)S1. The monoisotopic (exact) mass is 534 g/mol. The zero-order chi connectivity index (χ0) is 26.1. The second kappa shape index (κ2) is 10.4. The predicted molar refractivity (Wildman–Crippen MR) is 122 cm³/mol. The van der Waals surface area contributed by atoms with Crippen molar-refractivity contribution in [2.75, 3.05) is 19.6 Å². The van der Waals surface area contributed by atoms with E-state index in [-0.39, 0.29) is 35.2 Å². The minimum absolute atomic E-state index is 0.0384. The molecule has 6 nitrogen and oxygen atoms in total. The summed E-state index contributed by atoms with van der Waals surface area (Å²) < 4.78 is 79.1. The van der Waals surface area contributed by atoms with E-state index in [2.05, 4.69) is 15.6 Å². The maximum atomic E-state index is 13.5. The largest absolute Gasteiger partial charge is 0.416 e. The zero-order valence-corrected chi connectivity index (χ0v) is 19.8. The molecule has 3 aliphatic heterocycles. The van der Waals surface area contributed by atoms with Gasteiger partial charge in [-0.25, -0.2) is 0 Å². The van der Waals surface area contributed by atoms with Crippen molar-refractivity contribution in [2.24, 2.45) is 10.9 Å². The average molecular weight is 535 g/mol. The van der Waals surface area contributed by atoms with Gasteiger partial charge in [0.1, 0.15) is 11.9 Å². The van der Waals surface area contributed by atoms with Crippen LogP contribution in [-0.4, -0.2) is 47.6 Å². The third-order valence-corrected chi connectivity index (χ3v) is 7.20. The first-order chi connectivity index (χ1) is 16.9. The summed E-state index contributed by atoms with van der Waals surface area (Å²) in [5, 5.41) is 5.42. The first-order valence-corrected chi connectivity index (χ1v) is 12.3. The van der Waals surface area contributed by atoms with Crippen molar-refractivity contribution < 1.29 is 35.9 Å². The van der Waals surface area contributed by atoms with E-state index in [0.717, 1.165) is 24.2 Å². The fourth-order valence-electron chi connectivity index (χ4n) is 4.49. The minimum atomic E-state index is -4.90. The molecule has 36 heavy (non-hydrogen) atoms. The molecule has 2 N–H and O–H groups in total. The van der Waals surface area contributed by atoms with Crippen LogP contribution in [0.2, 0.25) is 0 Å². The van der Waals surface area contributed by atoms with E-state index in [9.17, 15) is 35.9 Å². The van der Waals surface area contributed by atoms with Gasteiger partial charge in [0.25, 0.3) is 0 Å². The summed E-state index contributed by atoms with van der Waals surface area (Å²) in [6, 6.07) is 1.27. The Kier molecular flexibility index (Phi) is 7.69. The average Bonchev–Trinajstić information content (AvgIpc) is 3.14. The van der Waals surface area contributed by atoms with Crippen LogP contribution in [0.4, 0.5) is 31.1 Å². The number of piperidine rings is 2. The number of hydrogen-bond acceptors (Lipinski definition) is 5. The van der Waals surface area contributed by atoms with Crippen LogP contribution in [0.3, 0.4) is 0 Å². The lowest BCUT2D eigenvalue weighted by molar-refractivity contribution is -0.143. The van der Waals surface area contributed by atoms with Crippen molar-refractivity contribution >= 4 is 28.7 Å². The van der Waals surface area contributed by atoms with Gasteiger partial charge in [-0.3, -0.25) is 14.5 Å². The van der Waals surface area contributed by atoms with Crippen LogP contribution >= 0.6 is 11.8 Å². The molecular formula is C23H24F6N4O2S. The van der Waals surface area contributed by atoms with Crippen LogP contribution in [0, 0.1) is 5.92 Å². The molecule has 4 rings (SSSR count). The Balaban J connectivity index is 1.39. The molecule has 2 fully saturated rings. The molecular weight excluding hydrogens is 510 g/mol. The van der Waals surface area contributed by atoms with Gasteiger partial charge in [0, 0.05) is 13.1 Å². The van der Waals surface area contributed by atoms with Crippen molar-refractivity contribution in [3.63, 3.8) is 0 Å². The van der Waals surface area contributed by atoms with Gasteiger partial charge in [-0.05, 0) is 74.1 Å². The van der Waals surface area contributed by atoms with Crippen molar-refractivity contribution in [1.82, 2.24) is 15.5 Å². The van der Waals surface area contributed by atoms with Gasteiger partial charge in [-0.1, -0.05) is 12.1 Å². The Morgan fingerprint density at radius 1 is 1.08 bits per heavy atom. The van der Waals surface area contributed by atoms with Crippen molar-refractivity contribution in [3.8, 4) is 0 Å². The zero-order valence-electron chi connectivity index (χ0n) is 19.0. The molecule has 0 aliphatic carbocycles. The third-order valence-electron chi connectivity index (χ3n) is 6.39. The lowest BCUT2D eigenvalue weighted by Gasteiger charge is -2.31. The van der Waals surface area contributed by atoms with E-state index in [1.807, 2.05) is 6.08 Å². The Hall–Kier alpha value is -2.54. The van der Waals surface area contributed by atoms with Gasteiger partial charge in [-0.2, -0.15) is 31.3 Å². The molecule has 2 saturated heterocycles. The van der Waals surface area contributed by atoms with Gasteiger partial charge >= 0.3 is 17.6 Å². The van der Waals surface area contributed by atoms with E-state index in [4.69, 9.17) is 0 Å². The number of amidine groups is 1. The Bertz CT molecular complexity index is 1080. The highest BCUT2D eigenvalue weighted by molar-refractivity contribution is 8.18. The summed E-state index contributed by atoms with van der Waals surface area (Å²) >= 11 is 0.962. The standard InChI is InChI=1S/C23H24F6N4O2S/c24-22(25,26)15-4-3-14(16(11-15)23(27,28)29)12-33-8-5-13(6-9-33)10-18-19(32-21(35)36-18)31-17-2-1-7-30-20(17)34/h3-4,10-11,13,17H,1-2,5-9,12H2,(H,30,34)(H,31,32,35)/b18-10-. The van der Waals surface area contributed by atoms with Gasteiger partial charge in [0.05, 0.1) is 16.0 Å². The van der Waals surface area contributed by atoms with Crippen molar-refractivity contribution in [3.05, 3.63) is 45.9 Å². The van der Waals surface area contributed by atoms with Gasteiger partial charge < -0.3 is 10.6 Å². The number of nitrogens with zero attached hydrogens (tertiary/aromatic N) is 2. The smallest absolute Gasteiger partial charge is 0.357 e. The quantitative estimate of drug-likeness (QED) is 0.535. The normalized spacial score (nSPS) is 23.7. The molecule has 196 valence electrons. The number of halogens is 6. The van der Waals surface area contributed by atoms with E-state index in [1.54, 1.807) is 4.90 Å². The first kappa shape index (κ1) is 26.5. The van der Waals surface area contributed by atoms with Crippen molar-refractivity contribution in [2.45, 2.75) is 50.6 Å². The maximum Gasteiger partial charge on any atom is 0.416 e. The summed E-state index contributed by atoms with van der Waals surface area (Å²) in [4.78, 5) is 30.3. The second-order valence-corrected chi connectivity index (χ2v) is 9.96. The topological polar surface area (TPSA) is 73.8 Å². The number of alkyl halides is 6. The van der Waals surface area contributed by atoms with Crippen LogP contribution < -0.4 is 10.6 Å². The molecule has 1 aromatic rings. The molecule has 1 unspecified atom stereocenters. The van der Waals surface area contributed by atoms with Gasteiger partial charge in [0.2, 0.25) is 5.91 Å². The Labute approximate surface area is 207 Å². The highest BCUT2D eigenvalue weighted by atomic mass is 32.2. The number of aliphatic imine (C=N–C) groups is 1. The predicted octanol–water partition coefficient (Wildman–Crippen LogP) is 4.95. The van der Waals surface area contributed by atoms with E-state index in [1.165, 1.54) is 0 Å².